The van der Waals surface area contributed by atoms with Crippen molar-refractivity contribution in [2.24, 2.45) is 0 Å². The Kier molecular flexibility index (Phi) is 17.2. The number of benzene rings is 1. The van der Waals surface area contributed by atoms with Crippen LogP contribution in [-0.2, 0) is 14.3 Å². The Morgan fingerprint density at radius 3 is 1.69 bits per heavy atom. The molecule has 0 aliphatic heterocycles. The van der Waals surface area contributed by atoms with Crippen LogP contribution in [0.4, 0.5) is 5.69 Å². The molecule has 182 valence electrons. The van der Waals surface area contributed by atoms with E-state index < -0.39 is 11.9 Å². The number of rotatable bonds is 20. The molecule has 5 heteroatoms. The Morgan fingerprint density at radius 2 is 1.19 bits per heavy atom. The third-order valence-electron chi connectivity index (χ3n) is 5.61. The minimum absolute atomic E-state index is 0.274. The average molecular weight is 448 g/mol. The standard InChI is InChI=1S/C27H45NO4/c1-3-5-6-7-8-9-10-11-12-13-14-15-16-17-22-28-25-20-18-24(19-21-25)27(30)32-23-26(29)31-4-2/h18-21,28H,3-17,22-23H2,1-2H3. The van der Waals surface area contributed by atoms with Crippen LogP contribution < -0.4 is 5.32 Å². The Morgan fingerprint density at radius 1 is 0.688 bits per heavy atom. The van der Waals surface area contributed by atoms with E-state index in [2.05, 4.69) is 12.2 Å². The Labute approximate surface area is 195 Å². The molecule has 0 radical (unpaired) electrons. The SMILES string of the molecule is CCCCCCCCCCCCCCCCNc1ccc(C(=O)OCC(=O)OCC)cc1. The molecular weight excluding hydrogens is 402 g/mol. The van der Waals surface area contributed by atoms with Crippen LogP contribution in [0.5, 0.6) is 0 Å². The van der Waals surface area contributed by atoms with Gasteiger partial charge in [0.1, 0.15) is 0 Å². The molecule has 1 aromatic carbocycles. The minimum Gasteiger partial charge on any atom is -0.463 e. The molecule has 32 heavy (non-hydrogen) atoms. The van der Waals surface area contributed by atoms with Crippen molar-refractivity contribution in [1.82, 2.24) is 0 Å². The second-order valence-electron chi connectivity index (χ2n) is 8.48. The highest BCUT2D eigenvalue weighted by atomic mass is 16.6. The monoisotopic (exact) mass is 447 g/mol. The molecule has 0 bridgehead atoms. The van der Waals surface area contributed by atoms with E-state index in [9.17, 15) is 9.59 Å². The molecule has 0 aliphatic rings. The maximum atomic E-state index is 11.9. The molecular formula is C27H45NO4. The smallest absolute Gasteiger partial charge is 0.344 e. The molecule has 0 saturated carbocycles. The van der Waals surface area contributed by atoms with Gasteiger partial charge >= 0.3 is 11.9 Å². The topological polar surface area (TPSA) is 64.6 Å². The second kappa shape index (κ2) is 19.6. The largest absolute Gasteiger partial charge is 0.463 e. The molecule has 1 rings (SSSR count). The number of nitrogens with one attached hydrogen (secondary N) is 1. The van der Waals surface area contributed by atoms with Gasteiger partial charge in [0.05, 0.1) is 12.2 Å². The van der Waals surface area contributed by atoms with E-state index in [1.54, 1.807) is 19.1 Å². The zero-order valence-corrected chi connectivity index (χ0v) is 20.5. The molecule has 1 N–H and O–H groups in total. The lowest BCUT2D eigenvalue weighted by atomic mass is 10.0. The summed E-state index contributed by atoms with van der Waals surface area (Å²) in [5, 5.41) is 3.39. The summed E-state index contributed by atoms with van der Waals surface area (Å²) in [4.78, 5) is 23.2. The maximum Gasteiger partial charge on any atom is 0.344 e. The first-order chi connectivity index (χ1) is 15.7. The van der Waals surface area contributed by atoms with E-state index in [0.717, 1.165) is 18.7 Å². The summed E-state index contributed by atoms with van der Waals surface area (Å²) in [5.41, 5.74) is 1.41. The molecule has 5 nitrogen and oxygen atoms in total. The first-order valence-corrected chi connectivity index (χ1v) is 12.8. The van der Waals surface area contributed by atoms with Crippen LogP contribution in [0.15, 0.2) is 24.3 Å². The number of hydrogen-bond acceptors (Lipinski definition) is 5. The van der Waals surface area contributed by atoms with E-state index in [0.29, 0.717) is 5.56 Å². The first-order valence-electron chi connectivity index (χ1n) is 12.8. The quantitative estimate of drug-likeness (QED) is 0.168. The van der Waals surface area contributed by atoms with Crippen molar-refractivity contribution in [3.8, 4) is 0 Å². The number of esters is 2. The van der Waals surface area contributed by atoms with Gasteiger partial charge in [0, 0.05) is 12.2 Å². The highest BCUT2D eigenvalue weighted by Gasteiger charge is 2.10. The fraction of sp³-hybridized carbons (Fsp3) is 0.704. The zero-order chi connectivity index (χ0) is 23.3. The molecule has 0 aliphatic carbocycles. The van der Waals surface area contributed by atoms with Crippen molar-refractivity contribution in [1.29, 1.82) is 0 Å². The summed E-state index contributed by atoms with van der Waals surface area (Å²) in [7, 11) is 0. The lowest BCUT2D eigenvalue weighted by molar-refractivity contribution is -0.146. The summed E-state index contributed by atoms with van der Waals surface area (Å²) in [6.07, 6.45) is 19.1. The van der Waals surface area contributed by atoms with Crippen molar-refractivity contribution in [3.63, 3.8) is 0 Å². The summed E-state index contributed by atoms with van der Waals surface area (Å²) in [6.45, 7) is 4.84. The fourth-order valence-corrected chi connectivity index (χ4v) is 3.69. The lowest BCUT2D eigenvalue weighted by Crippen LogP contribution is -2.16. The molecule has 0 fully saturated rings. The van der Waals surface area contributed by atoms with Crippen LogP contribution >= 0.6 is 0 Å². The zero-order valence-electron chi connectivity index (χ0n) is 20.5. The highest BCUT2D eigenvalue weighted by Crippen LogP contribution is 2.14. The molecule has 0 aromatic heterocycles. The van der Waals surface area contributed by atoms with Gasteiger partial charge in [-0.05, 0) is 37.6 Å². The van der Waals surface area contributed by atoms with Gasteiger partial charge in [0.25, 0.3) is 0 Å². The second-order valence-corrected chi connectivity index (χ2v) is 8.48. The van der Waals surface area contributed by atoms with Gasteiger partial charge in [-0.1, -0.05) is 90.4 Å². The van der Waals surface area contributed by atoms with Crippen LogP contribution in [0.25, 0.3) is 0 Å². The van der Waals surface area contributed by atoms with Crippen molar-refractivity contribution in [2.45, 2.75) is 104 Å². The third-order valence-corrected chi connectivity index (χ3v) is 5.61. The van der Waals surface area contributed by atoms with Gasteiger partial charge in [-0.15, -0.1) is 0 Å². The number of carbonyl (C=O) groups is 2. The Balaban J connectivity index is 1.97. The molecule has 0 atom stereocenters. The molecule has 1 aromatic rings. The van der Waals surface area contributed by atoms with Gasteiger partial charge in [0.15, 0.2) is 6.61 Å². The van der Waals surface area contributed by atoms with Crippen molar-refractivity contribution in [3.05, 3.63) is 29.8 Å². The van der Waals surface area contributed by atoms with Crippen molar-refractivity contribution in [2.75, 3.05) is 25.1 Å². The molecule has 0 spiro atoms. The summed E-state index contributed by atoms with van der Waals surface area (Å²) in [6, 6.07) is 7.15. The van der Waals surface area contributed by atoms with Crippen molar-refractivity contribution < 1.29 is 19.1 Å². The van der Waals surface area contributed by atoms with Gasteiger partial charge in [-0.2, -0.15) is 0 Å². The Bertz CT molecular complexity index is 600. The van der Waals surface area contributed by atoms with E-state index in [4.69, 9.17) is 9.47 Å². The normalized spacial score (nSPS) is 10.7. The van der Waals surface area contributed by atoms with Gasteiger partial charge in [0.2, 0.25) is 0 Å². The summed E-state index contributed by atoms with van der Waals surface area (Å²) >= 11 is 0. The molecule has 0 saturated heterocycles. The fourth-order valence-electron chi connectivity index (χ4n) is 3.69. The summed E-state index contributed by atoms with van der Waals surface area (Å²) < 4.78 is 9.68. The maximum absolute atomic E-state index is 11.9. The molecule has 0 heterocycles. The van der Waals surface area contributed by atoms with Crippen LogP contribution in [0.1, 0.15) is 114 Å². The van der Waals surface area contributed by atoms with Crippen LogP contribution in [0.3, 0.4) is 0 Å². The van der Waals surface area contributed by atoms with E-state index >= 15 is 0 Å². The number of hydrogen-bond donors (Lipinski definition) is 1. The lowest BCUT2D eigenvalue weighted by Gasteiger charge is -2.08. The minimum atomic E-state index is -0.535. The first kappa shape index (κ1) is 28.0. The van der Waals surface area contributed by atoms with Crippen LogP contribution in [0, 0.1) is 0 Å². The predicted molar refractivity (Wildman–Crippen MR) is 132 cm³/mol. The number of carbonyl (C=O) groups excluding carboxylic acids is 2. The van der Waals surface area contributed by atoms with Crippen molar-refractivity contribution >= 4 is 17.6 Å². The van der Waals surface area contributed by atoms with E-state index in [-0.39, 0.29) is 13.2 Å². The van der Waals surface area contributed by atoms with Gasteiger partial charge < -0.3 is 14.8 Å². The van der Waals surface area contributed by atoms with Crippen LogP contribution in [0.2, 0.25) is 0 Å². The highest BCUT2D eigenvalue weighted by molar-refractivity contribution is 5.91. The van der Waals surface area contributed by atoms with E-state index in [1.807, 2.05) is 12.1 Å². The summed E-state index contributed by atoms with van der Waals surface area (Å²) in [5.74, 6) is -1.05. The number of ether oxygens (including phenoxy) is 2. The molecule has 0 amide bonds. The van der Waals surface area contributed by atoms with Gasteiger partial charge in [-0.3, -0.25) is 0 Å². The van der Waals surface area contributed by atoms with E-state index in [1.165, 1.54) is 83.5 Å². The third kappa shape index (κ3) is 14.9. The molecule has 0 unspecified atom stereocenters. The van der Waals surface area contributed by atoms with Crippen LogP contribution in [-0.4, -0.2) is 31.7 Å². The average Bonchev–Trinajstić information content (AvgIpc) is 2.80. The number of unbranched alkanes of at least 4 members (excludes halogenated alkanes) is 13. The Hall–Kier alpha value is -2.04. The predicted octanol–water partition coefficient (Wildman–Crippen LogP) is 7.30. The number of anilines is 1. The van der Waals surface area contributed by atoms with Gasteiger partial charge in [-0.25, -0.2) is 9.59 Å².